The van der Waals surface area contributed by atoms with E-state index < -0.39 is 0 Å². The van der Waals surface area contributed by atoms with Gasteiger partial charge >= 0.3 is 0 Å². The van der Waals surface area contributed by atoms with Gasteiger partial charge in [0.25, 0.3) is 0 Å². The van der Waals surface area contributed by atoms with Gasteiger partial charge in [-0.25, -0.2) is 0 Å². The molecule has 1 rings (SSSR count). The van der Waals surface area contributed by atoms with E-state index in [1.165, 1.54) is 11.5 Å². The number of carbonyl (C=O) groups excluding carboxylic acids is 1. The van der Waals surface area contributed by atoms with E-state index in [4.69, 9.17) is 0 Å². The highest BCUT2D eigenvalue weighted by Gasteiger charge is 2.16. The molecule has 0 aliphatic rings. The fourth-order valence-corrected chi connectivity index (χ4v) is 1.44. The average Bonchev–Trinajstić information content (AvgIpc) is 2.32. The molecule has 0 saturated carbocycles. The second-order valence-electron chi connectivity index (χ2n) is 3.48. The van der Waals surface area contributed by atoms with E-state index in [0.29, 0.717) is 5.69 Å². The summed E-state index contributed by atoms with van der Waals surface area (Å²) < 4.78 is 3.97. The molecule has 1 heterocycles. The molecule has 60 valence electrons. The van der Waals surface area contributed by atoms with Crippen LogP contribution < -0.4 is 0 Å². The fourth-order valence-electron chi connectivity index (χ4n) is 0.698. The molecule has 2 nitrogen and oxygen atoms in total. The Kier molecular flexibility index (Phi) is 2.09. The lowest BCUT2D eigenvalue weighted by molar-refractivity contribution is 0.112. The number of hydrogen-bond acceptors (Lipinski definition) is 3. The highest BCUT2D eigenvalue weighted by atomic mass is 32.1. The third kappa shape index (κ3) is 1.87. The van der Waals surface area contributed by atoms with Crippen molar-refractivity contribution in [1.82, 2.24) is 4.37 Å². The number of nitrogens with zero attached hydrogens (tertiary/aromatic N) is 1. The molecule has 1 aromatic heterocycles. The van der Waals surface area contributed by atoms with Gasteiger partial charge < -0.3 is 0 Å². The molecule has 11 heavy (non-hydrogen) atoms. The maximum atomic E-state index is 10.3. The Morgan fingerprint density at radius 3 is 2.45 bits per heavy atom. The van der Waals surface area contributed by atoms with Crippen molar-refractivity contribution in [3.63, 3.8) is 0 Å². The quantitative estimate of drug-likeness (QED) is 0.603. The van der Waals surface area contributed by atoms with Crippen molar-refractivity contribution >= 4 is 17.8 Å². The average molecular weight is 169 g/mol. The molecule has 0 bridgehead atoms. The Balaban J connectivity index is 2.98. The van der Waals surface area contributed by atoms with E-state index in [-0.39, 0.29) is 5.41 Å². The van der Waals surface area contributed by atoms with Gasteiger partial charge in [0, 0.05) is 4.88 Å². The van der Waals surface area contributed by atoms with Gasteiger partial charge in [0.05, 0.1) is 0 Å². The minimum atomic E-state index is 0.110. The molecule has 3 heteroatoms. The minimum absolute atomic E-state index is 0.110. The Hall–Kier alpha value is -0.700. The van der Waals surface area contributed by atoms with E-state index in [2.05, 4.69) is 25.1 Å². The van der Waals surface area contributed by atoms with Gasteiger partial charge in [0.1, 0.15) is 5.69 Å². The third-order valence-electron chi connectivity index (χ3n) is 1.39. The molecule has 0 amide bonds. The topological polar surface area (TPSA) is 30.0 Å². The van der Waals surface area contributed by atoms with Crippen LogP contribution in [0.15, 0.2) is 6.07 Å². The molecular weight excluding hydrogens is 158 g/mol. The summed E-state index contributed by atoms with van der Waals surface area (Å²) in [7, 11) is 0. The first-order chi connectivity index (χ1) is 5.04. The van der Waals surface area contributed by atoms with E-state index >= 15 is 0 Å². The molecule has 0 N–H and O–H groups in total. The van der Waals surface area contributed by atoms with Crippen LogP contribution >= 0.6 is 11.5 Å². The molecule has 0 atom stereocenters. The SMILES string of the molecule is CC(C)(C)c1cc(C=O)ns1. The van der Waals surface area contributed by atoms with Crippen molar-refractivity contribution in [1.29, 1.82) is 0 Å². The lowest BCUT2D eigenvalue weighted by atomic mass is 9.94. The Bertz CT molecular complexity index is 259. The standard InChI is InChI=1S/C8H11NOS/c1-8(2,3)7-4-6(5-10)9-11-7/h4-5H,1-3H3. The van der Waals surface area contributed by atoms with Gasteiger partial charge in [-0.05, 0) is 23.0 Å². The normalized spacial score (nSPS) is 11.5. The van der Waals surface area contributed by atoms with Gasteiger partial charge in [0.2, 0.25) is 0 Å². The van der Waals surface area contributed by atoms with Crippen LogP contribution in [0, 0.1) is 0 Å². The number of aldehydes is 1. The van der Waals surface area contributed by atoms with Gasteiger partial charge in [0.15, 0.2) is 6.29 Å². The summed E-state index contributed by atoms with van der Waals surface area (Å²) in [4.78, 5) is 11.4. The fraction of sp³-hybridized carbons (Fsp3) is 0.500. The predicted molar refractivity (Wildman–Crippen MR) is 46.2 cm³/mol. The Morgan fingerprint density at radius 2 is 2.18 bits per heavy atom. The molecule has 0 aliphatic heterocycles. The van der Waals surface area contributed by atoms with Gasteiger partial charge in [-0.15, -0.1) is 0 Å². The maximum absolute atomic E-state index is 10.3. The molecule has 0 unspecified atom stereocenters. The molecule has 0 saturated heterocycles. The molecule has 1 aromatic rings. The smallest absolute Gasteiger partial charge is 0.169 e. The van der Waals surface area contributed by atoms with Gasteiger partial charge in [-0.2, -0.15) is 4.37 Å². The van der Waals surface area contributed by atoms with E-state index in [1.54, 1.807) is 0 Å². The van der Waals surface area contributed by atoms with Crippen LogP contribution in [0.5, 0.6) is 0 Å². The largest absolute Gasteiger partial charge is 0.296 e. The van der Waals surface area contributed by atoms with Gasteiger partial charge in [-0.3, -0.25) is 4.79 Å². The molecule has 0 radical (unpaired) electrons. The molecular formula is C8H11NOS. The van der Waals surface area contributed by atoms with Gasteiger partial charge in [-0.1, -0.05) is 20.8 Å². The lowest BCUT2D eigenvalue weighted by Crippen LogP contribution is -2.07. The van der Waals surface area contributed by atoms with Crippen LogP contribution in [0.2, 0.25) is 0 Å². The first-order valence-corrected chi connectivity index (χ1v) is 4.24. The first kappa shape index (κ1) is 8.40. The van der Waals surface area contributed by atoms with Crippen molar-refractivity contribution in [2.24, 2.45) is 0 Å². The van der Waals surface area contributed by atoms with Crippen molar-refractivity contribution in [2.45, 2.75) is 26.2 Å². The van der Waals surface area contributed by atoms with Crippen molar-refractivity contribution in [3.8, 4) is 0 Å². The Morgan fingerprint density at radius 1 is 1.55 bits per heavy atom. The zero-order valence-electron chi connectivity index (χ0n) is 6.92. The van der Waals surface area contributed by atoms with Crippen LogP contribution in [0.1, 0.15) is 36.1 Å². The first-order valence-electron chi connectivity index (χ1n) is 3.46. The zero-order valence-corrected chi connectivity index (χ0v) is 7.73. The summed E-state index contributed by atoms with van der Waals surface area (Å²) in [6.07, 6.45) is 0.783. The highest BCUT2D eigenvalue weighted by Crippen LogP contribution is 2.25. The zero-order chi connectivity index (χ0) is 8.48. The Labute approximate surface area is 70.4 Å². The van der Waals surface area contributed by atoms with E-state index in [1.807, 2.05) is 6.07 Å². The summed E-state index contributed by atoms with van der Waals surface area (Å²) >= 11 is 1.40. The van der Waals surface area contributed by atoms with Crippen LogP contribution in [-0.4, -0.2) is 10.7 Å². The number of carbonyl (C=O) groups is 1. The number of hydrogen-bond donors (Lipinski definition) is 0. The monoisotopic (exact) mass is 169 g/mol. The third-order valence-corrected chi connectivity index (χ3v) is 2.62. The number of rotatable bonds is 1. The predicted octanol–water partition coefficient (Wildman–Crippen LogP) is 2.25. The van der Waals surface area contributed by atoms with Crippen LogP contribution in [-0.2, 0) is 5.41 Å². The molecule has 0 aromatic carbocycles. The van der Waals surface area contributed by atoms with E-state index in [0.717, 1.165) is 11.2 Å². The molecule has 0 fully saturated rings. The van der Waals surface area contributed by atoms with Crippen molar-refractivity contribution in [3.05, 3.63) is 16.6 Å². The molecule has 0 aliphatic carbocycles. The second kappa shape index (κ2) is 2.74. The number of aromatic nitrogens is 1. The molecule has 0 spiro atoms. The van der Waals surface area contributed by atoms with Crippen molar-refractivity contribution < 1.29 is 4.79 Å². The lowest BCUT2D eigenvalue weighted by Gasteiger charge is -2.13. The summed E-state index contributed by atoms with van der Waals surface area (Å²) in [5.41, 5.74) is 0.652. The second-order valence-corrected chi connectivity index (χ2v) is 4.29. The van der Waals surface area contributed by atoms with Crippen molar-refractivity contribution in [2.75, 3.05) is 0 Å². The summed E-state index contributed by atoms with van der Waals surface area (Å²) in [6.45, 7) is 6.32. The summed E-state index contributed by atoms with van der Waals surface area (Å²) in [5.74, 6) is 0. The minimum Gasteiger partial charge on any atom is -0.296 e. The van der Waals surface area contributed by atoms with Crippen LogP contribution in [0.4, 0.5) is 0 Å². The summed E-state index contributed by atoms with van der Waals surface area (Å²) in [6, 6.07) is 1.84. The van der Waals surface area contributed by atoms with E-state index in [9.17, 15) is 4.79 Å². The van der Waals surface area contributed by atoms with Crippen LogP contribution in [0.25, 0.3) is 0 Å². The summed E-state index contributed by atoms with van der Waals surface area (Å²) in [5, 5.41) is 0. The van der Waals surface area contributed by atoms with Crippen LogP contribution in [0.3, 0.4) is 0 Å². The maximum Gasteiger partial charge on any atom is 0.169 e. The highest BCUT2D eigenvalue weighted by molar-refractivity contribution is 7.06.